The fraction of sp³-hybridized carbons (Fsp3) is 0.700. The van der Waals surface area contributed by atoms with E-state index in [2.05, 4.69) is 18.9 Å². The summed E-state index contributed by atoms with van der Waals surface area (Å²) < 4.78 is 7.48. The maximum atomic E-state index is 5.67. The van der Waals surface area contributed by atoms with Crippen LogP contribution in [0.15, 0.2) is 0 Å². The van der Waals surface area contributed by atoms with Crippen LogP contribution in [0.25, 0.3) is 0 Å². The first-order chi connectivity index (χ1) is 6.74. The lowest BCUT2D eigenvalue weighted by Gasteiger charge is -2.16. The molecule has 0 aromatic carbocycles. The van der Waals surface area contributed by atoms with E-state index < -0.39 is 0 Å². The molecule has 0 unspecified atom stereocenters. The normalized spacial score (nSPS) is 16.0. The number of aromatic nitrogens is 2. The zero-order chi connectivity index (χ0) is 10.1. The molecule has 4 nitrogen and oxygen atoms in total. The third kappa shape index (κ3) is 1.44. The van der Waals surface area contributed by atoms with Gasteiger partial charge in [-0.1, -0.05) is 0 Å². The van der Waals surface area contributed by atoms with E-state index in [4.69, 9.17) is 10.5 Å². The molecular formula is C10H17N3O. The molecular weight excluding hydrogens is 178 g/mol. The Morgan fingerprint density at radius 3 is 3.00 bits per heavy atom. The fourth-order valence-electron chi connectivity index (χ4n) is 1.93. The molecule has 0 bridgehead atoms. The van der Waals surface area contributed by atoms with Crippen LogP contribution in [0.4, 0.5) is 0 Å². The number of hydrogen-bond donors (Lipinski definition) is 1. The molecule has 78 valence electrons. The van der Waals surface area contributed by atoms with Gasteiger partial charge in [0.25, 0.3) is 0 Å². The Morgan fingerprint density at radius 2 is 2.36 bits per heavy atom. The van der Waals surface area contributed by atoms with Crippen LogP contribution in [0.5, 0.6) is 0 Å². The van der Waals surface area contributed by atoms with Gasteiger partial charge < -0.3 is 10.5 Å². The topological polar surface area (TPSA) is 53.1 Å². The molecule has 2 heterocycles. The van der Waals surface area contributed by atoms with Crippen LogP contribution in [0.1, 0.15) is 36.8 Å². The van der Waals surface area contributed by atoms with Gasteiger partial charge in [-0.15, -0.1) is 0 Å². The van der Waals surface area contributed by atoms with Gasteiger partial charge >= 0.3 is 0 Å². The van der Waals surface area contributed by atoms with E-state index in [0.29, 0.717) is 19.2 Å². The highest BCUT2D eigenvalue weighted by atomic mass is 16.5. The summed E-state index contributed by atoms with van der Waals surface area (Å²) in [4.78, 5) is 0. The zero-order valence-corrected chi connectivity index (χ0v) is 8.79. The largest absolute Gasteiger partial charge is 0.375 e. The molecule has 0 radical (unpaired) electrons. The molecule has 0 aliphatic carbocycles. The van der Waals surface area contributed by atoms with Crippen molar-refractivity contribution in [3.05, 3.63) is 17.0 Å². The Balaban J connectivity index is 2.46. The van der Waals surface area contributed by atoms with E-state index in [1.54, 1.807) is 0 Å². The minimum atomic E-state index is 0.380. The van der Waals surface area contributed by atoms with Crippen LogP contribution in [-0.4, -0.2) is 16.4 Å². The molecule has 2 N–H and O–H groups in total. The quantitative estimate of drug-likeness (QED) is 0.765. The van der Waals surface area contributed by atoms with Crippen LogP contribution >= 0.6 is 0 Å². The van der Waals surface area contributed by atoms with Crippen molar-refractivity contribution in [2.45, 2.75) is 39.5 Å². The van der Waals surface area contributed by atoms with E-state index in [0.717, 1.165) is 18.7 Å². The van der Waals surface area contributed by atoms with Crippen molar-refractivity contribution in [2.24, 2.45) is 5.73 Å². The molecule has 0 saturated heterocycles. The first kappa shape index (κ1) is 9.68. The van der Waals surface area contributed by atoms with Crippen molar-refractivity contribution >= 4 is 0 Å². The average Bonchev–Trinajstić information content (AvgIpc) is 2.56. The molecule has 0 amide bonds. The van der Waals surface area contributed by atoms with E-state index in [1.165, 1.54) is 11.3 Å². The van der Waals surface area contributed by atoms with E-state index in [-0.39, 0.29) is 0 Å². The van der Waals surface area contributed by atoms with Crippen molar-refractivity contribution in [1.82, 2.24) is 9.78 Å². The number of rotatable bonds is 2. The second-order valence-corrected chi connectivity index (χ2v) is 3.92. The summed E-state index contributed by atoms with van der Waals surface area (Å²) in [5.41, 5.74) is 9.24. The predicted octanol–water partition coefficient (Wildman–Crippen LogP) is 0.995. The van der Waals surface area contributed by atoms with Gasteiger partial charge in [0, 0.05) is 18.2 Å². The predicted molar refractivity (Wildman–Crippen MR) is 53.9 cm³/mol. The third-order valence-electron chi connectivity index (χ3n) is 2.62. The zero-order valence-electron chi connectivity index (χ0n) is 8.79. The van der Waals surface area contributed by atoms with Gasteiger partial charge in [0.15, 0.2) is 0 Å². The Hall–Kier alpha value is -0.870. The third-order valence-corrected chi connectivity index (χ3v) is 2.62. The minimum Gasteiger partial charge on any atom is -0.375 e. The smallest absolute Gasteiger partial charge is 0.0887 e. The average molecular weight is 195 g/mol. The van der Waals surface area contributed by atoms with Crippen molar-refractivity contribution < 1.29 is 4.74 Å². The van der Waals surface area contributed by atoms with Gasteiger partial charge in [-0.2, -0.15) is 5.10 Å². The Bertz CT molecular complexity index is 330. The second-order valence-electron chi connectivity index (χ2n) is 3.92. The van der Waals surface area contributed by atoms with Gasteiger partial charge in [0.2, 0.25) is 0 Å². The van der Waals surface area contributed by atoms with Crippen LogP contribution in [0.2, 0.25) is 0 Å². The molecule has 1 aromatic heterocycles. The molecule has 1 aliphatic heterocycles. The maximum Gasteiger partial charge on any atom is 0.0887 e. The molecule has 0 atom stereocenters. The summed E-state index contributed by atoms with van der Waals surface area (Å²) >= 11 is 0. The van der Waals surface area contributed by atoms with Crippen LogP contribution in [0, 0.1) is 0 Å². The molecule has 0 saturated carbocycles. The summed E-state index contributed by atoms with van der Waals surface area (Å²) in [6.07, 6.45) is 0.953. The lowest BCUT2D eigenvalue weighted by Crippen LogP contribution is -2.15. The van der Waals surface area contributed by atoms with Crippen molar-refractivity contribution in [2.75, 3.05) is 6.61 Å². The van der Waals surface area contributed by atoms with Crippen molar-refractivity contribution in [3.63, 3.8) is 0 Å². The minimum absolute atomic E-state index is 0.380. The number of nitrogens with zero attached hydrogens (tertiary/aromatic N) is 2. The van der Waals surface area contributed by atoms with Gasteiger partial charge in [-0.05, 0) is 20.3 Å². The molecule has 2 rings (SSSR count). The Morgan fingerprint density at radius 1 is 1.57 bits per heavy atom. The summed E-state index contributed by atoms with van der Waals surface area (Å²) in [5, 5.41) is 4.52. The van der Waals surface area contributed by atoms with Gasteiger partial charge in [0.1, 0.15) is 0 Å². The SMILES string of the molecule is CC(C)n1nc(CN)c2c1COCC2. The first-order valence-electron chi connectivity index (χ1n) is 5.11. The standard InChI is InChI=1S/C10H17N3O/c1-7(2)13-10-6-14-4-3-8(10)9(5-11)12-13/h7H,3-6,11H2,1-2H3. The van der Waals surface area contributed by atoms with Crippen LogP contribution in [-0.2, 0) is 24.3 Å². The van der Waals surface area contributed by atoms with Gasteiger partial charge in [-0.25, -0.2) is 0 Å². The second kappa shape index (κ2) is 3.71. The number of hydrogen-bond acceptors (Lipinski definition) is 3. The van der Waals surface area contributed by atoms with Crippen molar-refractivity contribution in [1.29, 1.82) is 0 Å². The highest BCUT2D eigenvalue weighted by Gasteiger charge is 2.21. The molecule has 1 aliphatic rings. The lowest BCUT2D eigenvalue weighted by atomic mass is 10.1. The molecule has 4 heteroatoms. The monoisotopic (exact) mass is 195 g/mol. The van der Waals surface area contributed by atoms with E-state index >= 15 is 0 Å². The number of ether oxygens (including phenoxy) is 1. The number of nitrogens with two attached hydrogens (primary N) is 1. The molecule has 14 heavy (non-hydrogen) atoms. The van der Waals surface area contributed by atoms with Gasteiger partial charge in [-0.3, -0.25) is 4.68 Å². The molecule has 0 spiro atoms. The highest BCUT2D eigenvalue weighted by Crippen LogP contribution is 2.23. The number of fused-ring (bicyclic) bond motifs is 1. The molecule has 1 aromatic rings. The highest BCUT2D eigenvalue weighted by molar-refractivity contribution is 5.28. The Kier molecular flexibility index (Phi) is 2.56. The van der Waals surface area contributed by atoms with Crippen LogP contribution in [0.3, 0.4) is 0 Å². The summed E-state index contributed by atoms with van der Waals surface area (Å²) in [5.74, 6) is 0. The first-order valence-corrected chi connectivity index (χ1v) is 5.11. The summed E-state index contributed by atoms with van der Waals surface area (Å²) in [7, 11) is 0. The van der Waals surface area contributed by atoms with E-state index in [1.807, 2.05) is 4.68 Å². The van der Waals surface area contributed by atoms with Crippen LogP contribution < -0.4 is 5.73 Å². The fourth-order valence-corrected chi connectivity index (χ4v) is 1.93. The van der Waals surface area contributed by atoms with Gasteiger partial charge in [0.05, 0.1) is 24.6 Å². The summed E-state index contributed by atoms with van der Waals surface area (Å²) in [6.45, 7) is 6.26. The summed E-state index contributed by atoms with van der Waals surface area (Å²) in [6, 6.07) is 0.380. The molecule has 0 fully saturated rings. The van der Waals surface area contributed by atoms with Crippen molar-refractivity contribution in [3.8, 4) is 0 Å². The maximum absolute atomic E-state index is 5.67. The lowest BCUT2D eigenvalue weighted by molar-refractivity contribution is 0.103. The van der Waals surface area contributed by atoms with E-state index in [9.17, 15) is 0 Å². The Labute approximate surface area is 84.0 Å².